The highest BCUT2D eigenvalue weighted by Gasteiger charge is 2.41. The summed E-state index contributed by atoms with van der Waals surface area (Å²) in [6, 6.07) is 10.3. The second-order valence-corrected chi connectivity index (χ2v) is 4.38. The molecule has 1 aromatic carbocycles. The van der Waals surface area contributed by atoms with Crippen molar-refractivity contribution < 1.29 is 4.74 Å². The third-order valence-corrected chi connectivity index (χ3v) is 3.12. The van der Waals surface area contributed by atoms with E-state index in [4.69, 9.17) is 4.74 Å². The van der Waals surface area contributed by atoms with Crippen LogP contribution in [0.3, 0.4) is 0 Å². The Morgan fingerprint density at radius 1 is 1.27 bits per heavy atom. The average molecular weight is 201 g/mol. The normalized spacial score (nSPS) is 26.0. The highest BCUT2D eigenvalue weighted by Crippen LogP contribution is 2.34. The predicted molar refractivity (Wildman–Crippen MR) is 59.5 cm³/mol. The number of ether oxygens (including phenoxy) is 1. The second kappa shape index (κ2) is 3.47. The lowest BCUT2D eigenvalue weighted by molar-refractivity contribution is 0.0525. The van der Waals surface area contributed by atoms with Crippen molar-refractivity contribution in [1.29, 1.82) is 0 Å². The molecule has 15 heavy (non-hydrogen) atoms. The van der Waals surface area contributed by atoms with Crippen LogP contribution < -0.4 is 5.32 Å². The Bertz CT molecular complexity index is 365. The molecule has 1 aromatic rings. The van der Waals surface area contributed by atoms with Crippen LogP contribution in [-0.2, 0) is 11.3 Å². The van der Waals surface area contributed by atoms with Gasteiger partial charge in [0.1, 0.15) is 0 Å². The van der Waals surface area contributed by atoms with E-state index >= 15 is 0 Å². The molecule has 1 fully saturated rings. The molecule has 0 bridgehead atoms. The number of nitrogens with one attached hydrogen (secondary N) is 1. The molecule has 1 aliphatic heterocycles. The number of hydrogen-bond donors (Lipinski definition) is 1. The molecule has 78 valence electrons. The standard InChI is InChI=1S/C13H15NO/c1-2-4-11(5-3-1)10-15-12-8-13(6-7-13)14-9-12/h1-7,12,14H,8-10H2. The molecular weight excluding hydrogens is 186 g/mol. The first-order chi connectivity index (χ1) is 7.36. The van der Waals surface area contributed by atoms with Gasteiger partial charge in [-0.1, -0.05) is 42.5 Å². The Morgan fingerprint density at radius 2 is 2.07 bits per heavy atom. The largest absolute Gasteiger partial charge is 0.372 e. The molecule has 1 N–H and O–H groups in total. The summed E-state index contributed by atoms with van der Waals surface area (Å²) in [4.78, 5) is 0. The second-order valence-electron chi connectivity index (χ2n) is 4.38. The van der Waals surface area contributed by atoms with Gasteiger partial charge in [0.2, 0.25) is 0 Å². The minimum Gasteiger partial charge on any atom is -0.372 e. The summed E-state index contributed by atoms with van der Waals surface area (Å²) in [7, 11) is 0. The van der Waals surface area contributed by atoms with Gasteiger partial charge in [-0.25, -0.2) is 0 Å². The van der Waals surface area contributed by atoms with Crippen LogP contribution in [0.15, 0.2) is 42.5 Å². The zero-order valence-corrected chi connectivity index (χ0v) is 8.65. The molecule has 0 aromatic heterocycles. The first kappa shape index (κ1) is 9.13. The fourth-order valence-corrected chi connectivity index (χ4v) is 2.09. The lowest BCUT2D eigenvalue weighted by Gasteiger charge is -2.10. The maximum absolute atomic E-state index is 5.86. The quantitative estimate of drug-likeness (QED) is 0.754. The highest BCUT2D eigenvalue weighted by atomic mass is 16.5. The van der Waals surface area contributed by atoms with E-state index in [1.165, 1.54) is 5.56 Å². The SMILES string of the molecule is C1=CC12CC(OCc1ccccc1)CN2. The molecule has 1 atom stereocenters. The molecule has 0 amide bonds. The molecule has 1 saturated heterocycles. The third kappa shape index (κ3) is 1.96. The van der Waals surface area contributed by atoms with Gasteiger partial charge in [-0.2, -0.15) is 0 Å². The summed E-state index contributed by atoms with van der Waals surface area (Å²) < 4.78 is 5.86. The van der Waals surface area contributed by atoms with E-state index in [1.807, 2.05) is 6.07 Å². The lowest BCUT2D eigenvalue weighted by atomic mass is 10.1. The number of benzene rings is 1. The fraction of sp³-hybridized carbons (Fsp3) is 0.385. The zero-order valence-electron chi connectivity index (χ0n) is 8.65. The monoisotopic (exact) mass is 201 g/mol. The van der Waals surface area contributed by atoms with Crippen molar-refractivity contribution in [2.24, 2.45) is 0 Å². The summed E-state index contributed by atoms with van der Waals surface area (Å²) in [6.45, 7) is 1.70. The van der Waals surface area contributed by atoms with Gasteiger partial charge in [0.05, 0.1) is 18.2 Å². The summed E-state index contributed by atoms with van der Waals surface area (Å²) in [5.41, 5.74) is 1.49. The smallest absolute Gasteiger partial charge is 0.0728 e. The van der Waals surface area contributed by atoms with E-state index in [1.54, 1.807) is 0 Å². The Kier molecular flexibility index (Phi) is 2.11. The zero-order chi connectivity index (χ0) is 10.1. The van der Waals surface area contributed by atoms with Crippen LogP contribution in [0.25, 0.3) is 0 Å². The van der Waals surface area contributed by atoms with Crippen LogP contribution in [-0.4, -0.2) is 18.2 Å². The average Bonchev–Trinajstić information content (AvgIpc) is 2.90. The minimum absolute atomic E-state index is 0.237. The molecule has 2 aliphatic rings. The van der Waals surface area contributed by atoms with Gasteiger partial charge in [-0.3, -0.25) is 0 Å². The summed E-state index contributed by atoms with van der Waals surface area (Å²) in [5, 5.41) is 3.46. The Balaban J connectivity index is 1.51. The molecule has 0 radical (unpaired) electrons. The topological polar surface area (TPSA) is 21.3 Å². The van der Waals surface area contributed by atoms with Gasteiger partial charge in [-0.05, 0) is 5.56 Å². The van der Waals surface area contributed by atoms with Crippen LogP contribution >= 0.6 is 0 Å². The van der Waals surface area contributed by atoms with Crippen LogP contribution in [0.4, 0.5) is 0 Å². The summed E-state index contributed by atoms with van der Waals surface area (Å²) in [6.07, 6.45) is 5.90. The van der Waals surface area contributed by atoms with E-state index in [2.05, 4.69) is 41.7 Å². The van der Waals surface area contributed by atoms with E-state index in [9.17, 15) is 0 Å². The molecule has 1 heterocycles. The Morgan fingerprint density at radius 3 is 2.73 bits per heavy atom. The van der Waals surface area contributed by atoms with E-state index < -0.39 is 0 Å². The van der Waals surface area contributed by atoms with Gasteiger partial charge >= 0.3 is 0 Å². The first-order valence-corrected chi connectivity index (χ1v) is 5.47. The van der Waals surface area contributed by atoms with Crippen LogP contribution in [0.2, 0.25) is 0 Å². The molecule has 2 nitrogen and oxygen atoms in total. The van der Waals surface area contributed by atoms with Crippen LogP contribution in [0.1, 0.15) is 12.0 Å². The van der Waals surface area contributed by atoms with Gasteiger partial charge in [0, 0.05) is 13.0 Å². The molecule has 1 spiro atoms. The summed E-state index contributed by atoms with van der Waals surface area (Å²) >= 11 is 0. The van der Waals surface area contributed by atoms with Crippen molar-refractivity contribution in [2.75, 3.05) is 6.54 Å². The van der Waals surface area contributed by atoms with E-state index in [0.717, 1.165) is 19.6 Å². The third-order valence-electron chi connectivity index (χ3n) is 3.12. The number of rotatable bonds is 3. The van der Waals surface area contributed by atoms with Gasteiger partial charge in [0.15, 0.2) is 0 Å². The van der Waals surface area contributed by atoms with E-state index in [-0.39, 0.29) is 5.54 Å². The van der Waals surface area contributed by atoms with Gasteiger partial charge in [0.25, 0.3) is 0 Å². The molecule has 0 saturated carbocycles. The molecule has 1 unspecified atom stereocenters. The van der Waals surface area contributed by atoms with Crippen molar-refractivity contribution in [3.8, 4) is 0 Å². The predicted octanol–water partition coefficient (Wildman–Crippen LogP) is 1.87. The van der Waals surface area contributed by atoms with Crippen molar-refractivity contribution >= 4 is 0 Å². The molecule has 2 heteroatoms. The van der Waals surface area contributed by atoms with Crippen molar-refractivity contribution in [3.63, 3.8) is 0 Å². The first-order valence-electron chi connectivity index (χ1n) is 5.47. The fourth-order valence-electron chi connectivity index (χ4n) is 2.09. The lowest BCUT2D eigenvalue weighted by Crippen LogP contribution is -2.24. The molecule has 1 aliphatic carbocycles. The Hall–Kier alpha value is -1.12. The van der Waals surface area contributed by atoms with Crippen LogP contribution in [0.5, 0.6) is 0 Å². The van der Waals surface area contributed by atoms with Crippen molar-refractivity contribution in [1.82, 2.24) is 5.32 Å². The van der Waals surface area contributed by atoms with E-state index in [0.29, 0.717) is 6.10 Å². The van der Waals surface area contributed by atoms with Gasteiger partial charge in [-0.15, -0.1) is 0 Å². The maximum atomic E-state index is 5.86. The summed E-state index contributed by atoms with van der Waals surface area (Å²) in [5.74, 6) is 0. The molecular formula is C13H15NO. The Labute approximate surface area is 89.9 Å². The van der Waals surface area contributed by atoms with Crippen LogP contribution in [0, 0.1) is 0 Å². The molecule has 3 rings (SSSR count). The minimum atomic E-state index is 0.237. The van der Waals surface area contributed by atoms with Gasteiger partial charge < -0.3 is 10.1 Å². The van der Waals surface area contributed by atoms with Crippen molar-refractivity contribution in [3.05, 3.63) is 48.0 Å². The number of hydrogen-bond acceptors (Lipinski definition) is 2. The highest BCUT2D eigenvalue weighted by molar-refractivity contribution is 5.36. The van der Waals surface area contributed by atoms with Crippen molar-refractivity contribution in [2.45, 2.75) is 24.7 Å². The maximum Gasteiger partial charge on any atom is 0.0728 e.